The number of urea groups is 1. The topological polar surface area (TPSA) is 52.7 Å². The molecule has 1 N–H and O–H groups in total. The zero-order valence-corrected chi connectivity index (χ0v) is 12.8. The lowest BCUT2D eigenvalue weighted by atomic mass is 10.1. The number of hydrogen-bond acceptors (Lipinski definition) is 2. The number of benzene rings is 1. The second-order valence-electron chi connectivity index (χ2n) is 5.20. The Labute approximate surface area is 126 Å². The van der Waals surface area contributed by atoms with Crippen LogP contribution in [-0.4, -0.2) is 54.0 Å². The molecule has 3 rings (SSSR count). The maximum atomic E-state index is 12.6. The monoisotopic (exact) mass is 337 g/mol. The number of fused-ring (bicyclic) bond motifs is 1. The smallest absolute Gasteiger partial charge is 0.317 e. The van der Waals surface area contributed by atoms with Crippen LogP contribution >= 0.6 is 15.9 Å². The van der Waals surface area contributed by atoms with E-state index < -0.39 is 0 Å². The largest absolute Gasteiger partial charge is 0.336 e. The highest BCUT2D eigenvalue weighted by molar-refractivity contribution is 9.10. The highest BCUT2D eigenvalue weighted by Gasteiger charge is 2.37. The first-order valence-corrected chi connectivity index (χ1v) is 7.46. The first-order valence-electron chi connectivity index (χ1n) is 6.67. The number of hydrogen-bond donors (Lipinski definition) is 1. The molecule has 6 heteroatoms. The zero-order valence-electron chi connectivity index (χ0n) is 11.2. The van der Waals surface area contributed by atoms with Gasteiger partial charge in [0.25, 0.3) is 5.91 Å². The fourth-order valence-electron chi connectivity index (χ4n) is 2.80. The molecule has 1 aromatic rings. The van der Waals surface area contributed by atoms with E-state index in [9.17, 15) is 9.59 Å². The molecule has 0 saturated carbocycles. The van der Waals surface area contributed by atoms with E-state index in [2.05, 4.69) is 21.2 Å². The fraction of sp³-hybridized carbons (Fsp3) is 0.429. The van der Waals surface area contributed by atoms with Gasteiger partial charge >= 0.3 is 6.03 Å². The molecule has 20 heavy (non-hydrogen) atoms. The van der Waals surface area contributed by atoms with E-state index in [-0.39, 0.29) is 18.0 Å². The summed E-state index contributed by atoms with van der Waals surface area (Å²) in [6.07, 6.45) is 0. The minimum Gasteiger partial charge on any atom is -0.336 e. The normalized spacial score (nSPS) is 21.7. The van der Waals surface area contributed by atoms with Crippen molar-refractivity contribution in [3.8, 4) is 0 Å². The number of amides is 3. The van der Waals surface area contributed by atoms with Crippen LogP contribution < -0.4 is 5.32 Å². The number of piperazine rings is 1. The molecule has 2 aliphatic heterocycles. The minimum absolute atomic E-state index is 0.0132. The minimum atomic E-state index is -0.0132. The van der Waals surface area contributed by atoms with Gasteiger partial charge in [-0.2, -0.15) is 0 Å². The Morgan fingerprint density at radius 3 is 3.00 bits per heavy atom. The van der Waals surface area contributed by atoms with Crippen LogP contribution in [0.1, 0.15) is 15.9 Å². The lowest BCUT2D eigenvalue weighted by Crippen LogP contribution is -2.53. The Kier molecular flexibility index (Phi) is 3.41. The molecule has 1 unspecified atom stereocenters. The van der Waals surface area contributed by atoms with Crippen LogP contribution in [0.2, 0.25) is 0 Å². The lowest BCUT2D eigenvalue weighted by Gasteiger charge is -2.36. The van der Waals surface area contributed by atoms with Gasteiger partial charge in [-0.25, -0.2) is 4.79 Å². The summed E-state index contributed by atoms with van der Waals surface area (Å²) in [7, 11) is 0. The van der Waals surface area contributed by atoms with Gasteiger partial charge in [0.1, 0.15) is 0 Å². The van der Waals surface area contributed by atoms with Gasteiger partial charge in [-0.1, -0.05) is 22.0 Å². The van der Waals surface area contributed by atoms with E-state index in [1.54, 1.807) is 0 Å². The summed E-state index contributed by atoms with van der Waals surface area (Å²) in [5.74, 6) is 0.0443. The van der Waals surface area contributed by atoms with E-state index in [4.69, 9.17) is 0 Å². The van der Waals surface area contributed by atoms with Crippen molar-refractivity contribution >= 4 is 27.9 Å². The number of nitrogens with one attached hydrogen (secondary N) is 1. The van der Waals surface area contributed by atoms with Crippen molar-refractivity contribution < 1.29 is 9.59 Å². The Morgan fingerprint density at radius 2 is 2.20 bits per heavy atom. The van der Waals surface area contributed by atoms with Crippen LogP contribution in [0, 0.1) is 6.92 Å². The summed E-state index contributed by atoms with van der Waals surface area (Å²) in [6.45, 7) is 4.36. The Balaban J connectivity index is 1.79. The average Bonchev–Trinajstić information content (AvgIpc) is 2.82. The van der Waals surface area contributed by atoms with Gasteiger partial charge in [-0.15, -0.1) is 0 Å². The lowest BCUT2D eigenvalue weighted by molar-refractivity contribution is 0.0616. The maximum Gasteiger partial charge on any atom is 0.317 e. The third-order valence-electron chi connectivity index (χ3n) is 4.02. The van der Waals surface area contributed by atoms with E-state index in [1.165, 1.54) is 0 Å². The summed E-state index contributed by atoms with van der Waals surface area (Å²) < 4.78 is 0.944. The highest BCUT2D eigenvalue weighted by Crippen LogP contribution is 2.22. The van der Waals surface area contributed by atoms with Gasteiger partial charge in [-0.3, -0.25) is 4.79 Å². The molecule has 0 bridgehead atoms. The van der Waals surface area contributed by atoms with Gasteiger partial charge in [0, 0.05) is 36.2 Å². The van der Waals surface area contributed by atoms with Gasteiger partial charge < -0.3 is 15.1 Å². The molecule has 1 aromatic carbocycles. The van der Waals surface area contributed by atoms with Crippen molar-refractivity contribution in [2.45, 2.75) is 13.0 Å². The van der Waals surface area contributed by atoms with Crippen LogP contribution in [0.5, 0.6) is 0 Å². The van der Waals surface area contributed by atoms with Crippen LogP contribution in [0.3, 0.4) is 0 Å². The number of nitrogens with zero attached hydrogens (tertiary/aromatic N) is 2. The number of halogens is 1. The van der Waals surface area contributed by atoms with Crippen molar-refractivity contribution in [3.05, 3.63) is 33.8 Å². The van der Waals surface area contributed by atoms with Crippen molar-refractivity contribution in [3.63, 3.8) is 0 Å². The first kappa shape index (κ1) is 13.4. The van der Waals surface area contributed by atoms with Crippen LogP contribution in [0.15, 0.2) is 22.7 Å². The molecule has 0 spiro atoms. The third kappa shape index (κ3) is 2.18. The molecular formula is C14H16BrN3O2. The van der Waals surface area contributed by atoms with Crippen LogP contribution in [0.4, 0.5) is 4.79 Å². The van der Waals surface area contributed by atoms with E-state index in [0.29, 0.717) is 26.2 Å². The van der Waals surface area contributed by atoms with Gasteiger partial charge in [0.05, 0.1) is 6.04 Å². The van der Waals surface area contributed by atoms with Crippen LogP contribution in [-0.2, 0) is 0 Å². The molecule has 2 saturated heterocycles. The van der Waals surface area contributed by atoms with E-state index in [0.717, 1.165) is 15.6 Å². The standard InChI is InChI=1S/C14H16BrN3O2/c1-9-11(3-2-4-12(9)15)13(19)17-5-6-18-10(8-17)7-16-14(18)20/h2-4,10H,5-8H2,1H3,(H,16,20). The average molecular weight is 338 g/mol. The molecule has 5 nitrogen and oxygen atoms in total. The fourth-order valence-corrected chi connectivity index (χ4v) is 3.16. The van der Waals surface area contributed by atoms with Crippen molar-refractivity contribution in [1.82, 2.24) is 15.1 Å². The highest BCUT2D eigenvalue weighted by atomic mass is 79.9. The maximum absolute atomic E-state index is 12.6. The van der Waals surface area contributed by atoms with Gasteiger partial charge in [0.2, 0.25) is 0 Å². The van der Waals surface area contributed by atoms with Crippen molar-refractivity contribution in [2.24, 2.45) is 0 Å². The summed E-state index contributed by atoms with van der Waals surface area (Å²) in [6, 6.07) is 5.76. The molecule has 2 heterocycles. The van der Waals surface area contributed by atoms with Gasteiger partial charge in [0.15, 0.2) is 0 Å². The molecule has 106 valence electrons. The van der Waals surface area contributed by atoms with E-state index in [1.807, 2.05) is 34.9 Å². The van der Waals surface area contributed by atoms with E-state index >= 15 is 0 Å². The molecule has 0 aliphatic carbocycles. The zero-order chi connectivity index (χ0) is 14.3. The Hall–Kier alpha value is -1.56. The quantitative estimate of drug-likeness (QED) is 0.846. The predicted octanol–water partition coefficient (Wildman–Crippen LogP) is 1.61. The SMILES string of the molecule is Cc1c(Br)cccc1C(=O)N1CCN2C(=O)NCC2C1. The summed E-state index contributed by atoms with van der Waals surface area (Å²) in [5.41, 5.74) is 1.69. The Bertz CT molecular complexity index is 576. The number of carbonyl (C=O) groups excluding carboxylic acids is 2. The molecule has 0 aromatic heterocycles. The summed E-state index contributed by atoms with van der Waals surface area (Å²) >= 11 is 3.46. The second-order valence-corrected chi connectivity index (χ2v) is 6.05. The Morgan fingerprint density at radius 1 is 1.40 bits per heavy atom. The molecule has 1 atom stereocenters. The van der Waals surface area contributed by atoms with Crippen molar-refractivity contribution in [2.75, 3.05) is 26.2 Å². The summed E-state index contributed by atoms with van der Waals surface area (Å²) in [5, 5.41) is 2.82. The number of rotatable bonds is 1. The number of carbonyl (C=O) groups is 2. The predicted molar refractivity (Wildman–Crippen MR) is 78.7 cm³/mol. The van der Waals surface area contributed by atoms with Gasteiger partial charge in [-0.05, 0) is 24.6 Å². The van der Waals surface area contributed by atoms with Crippen molar-refractivity contribution in [1.29, 1.82) is 0 Å². The summed E-state index contributed by atoms with van der Waals surface area (Å²) in [4.78, 5) is 27.8. The molecule has 2 aliphatic rings. The first-order chi connectivity index (χ1) is 9.58. The van der Waals surface area contributed by atoms with Crippen LogP contribution in [0.25, 0.3) is 0 Å². The molecule has 2 fully saturated rings. The molecule has 0 radical (unpaired) electrons. The molecule has 3 amide bonds. The second kappa shape index (κ2) is 5.09. The molecular weight excluding hydrogens is 322 g/mol. The third-order valence-corrected chi connectivity index (χ3v) is 4.88.